The standard InChI is InChI=1S/C20H38O7S.2Na.2H/c1-2-3-4-5-6-7-8-9-10-11-12-13-14-15-16-27-19(21)17-18(20(22)23)28(24,25)26;;;;/h18H,2-17H2,1H3,(H,22,23)(H,24,25,26);;;;. The van der Waals surface area contributed by atoms with E-state index in [9.17, 15) is 18.0 Å². The molecule has 0 aliphatic carbocycles. The number of carbonyl (C=O) groups excluding carboxylic acids is 1. The van der Waals surface area contributed by atoms with Gasteiger partial charge in [0.2, 0.25) is 0 Å². The molecule has 7 nitrogen and oxygen atoms in total. The summed E-state index contributed by atoms with van der Waals surface area (Å²) in [5.41, 5.74) is 0. The second-order valence-corrected chi connectivity index (χ2v) is 8.96. The van der Waals surface area contributed by atoms with E-state index >= 15 is 0 Å². The van der Waals surface area contributed by atoms with Gasteiger partial charge in [-0.15, -0.1) is 0 Å². The average molecular weight is 471 g/mol. The molecule has 0 spiro atoms. The van der Waals surface area contributed by atoms with Gasteiger partial charge < -0.3 is 9.84 Å². The zero-order valence-corrected chi connectivity index (χ0v) is 18.1. The average Bonchev–Trinajstić information content (AvgIpc) is 2.61. The van der Waals surface area contributed by atoms with E-state index in [2.05, 4.69) is 6.92 Å². The Labute approximate surface area is 226 Å². The molecule has 0 aromatic carbocycles. The van der Waals surface area contributed by atoms with Gasteiger partial charge in [-0.25, -0.2) is 0 Å². The van der Waals surface area contributed by atoms with Gasteiger partial charge in [0, 0.05) is 0 Å². The predicted molar refractivity (Wildman–Crippen MR) is 123 cm³/mol. The van der Waals surface area contributed by atoms with Crippen molar-refractivity contribution in [3.8, 4) is 0 Å². The fourth-order valence-corrected chi connectivity index (χ4v) is 3.61. The molecule has 1 unspecified atom stereocenters. The Bertz CT molecular complexity index is 527. The van der Waals surface area contributed by atoms with E-state index in [1.807, 2.05) is 0 Å². The Hall–Kier alpha value is 0.850. The van der Waals surface area contributed by atoms with Gasteiger partial charge in [0.15, 0.2) is 5.25 Å². The summed E-state index contributed by atoms with van der Waals surface area (Å²) >= 11 is 0. The van der Waals surface area contributed by atoms with Crippen molar-refractivity contribution in [2.24, 2.45) is 0 Å². The van der Waals surface area contributed by atoms with Gasteiger partial charge in [0.05, 0.1) is 13.0 Å². The Kier molecular flexibility index (Phi) is 27.2. The molecule has 0 aliphatic heterocycles. The van der Waals surface area contributed by atoms with Gasteiger partial charge in [-0.1, -0.05) is 90.4 Å². The van der Waals surface area contributed by atoms with Crippen LogP contribution in [0.15, 0.2) is 0 Å². The molecule has 0 heterocycles. The van der Waals surface area contributed by atoms with E-state index in [0.717, 1.165) is 19.3 Å². The number of rotatable bonds is 19. The molecule has 0 amide bonds. The van der Waals surface area contributed by atoms with Crippen LogP contribution in [0.4, 0.5) is 0 Å². The van der Waals surface area contributed by atoms with E-state index in [-0.39, 0.29) is 65.7 Å². The zero-order chi connectivity index (χ0) is 21.3. The number of aliphatic carboxylic acids is 1. The van der Waals surface area contributed by atoms with Crippen molar-refractivity contribution in [2.45, 2.75) is 108 Å². The monoisotopic (exact) mass is 470 g/mol. The van der Waals surface area contributed by atoms with Crippen LogP contribution in [0.5, 0.6) is 0 Å². The van der Waals surface area contributed by atoms with Gasteiger partial charge in [-0.2, -0.15) is 8.42 Å². The molecule has 0 aromatic rings. The molecule has 0 saturated heterocycles. The number of carboxylic acid groups (broad SMARTS) is 1. The number of carboxylic acids is 1. The number of ether oxygens (including phenoxy) is 1. The van der Waals surface area contributed by atoms with Gasteiger partial charge in [0.1, 0.15) is 0 Å². The Morgan fingerprint density at radius 2 is 1.13 bits per heavy atom. The van der Waals surface area contributed by atoms with Crippen LogP contribution < -0.4 is 0 Å². The van der Waals surface area contributed by atoms with E-state index < -0.39 is 33.7 Å². The number of hydrogen-bond donors (Lipinski definition) is 2. The van der Waals surface area contributed by atoms with Crippen LogP contribution in [0.25, 0.3) is 0 Å². The van der Waals surface area contributed by atoms with Crippen molar-refractivity contribution in [1.29, 1.82) is 0 Å². The molecule has 0 bridgehead atoms. The fraction of sp³-hybridized carbons (Fsp3) is 0.900. The summed E-state index contributed by atoms with van der Waals surface area (Å²) < 4.78 is 35.4. The van der Waals surface area contributed by atoms with Crippen LogP contribution >= 0.6 is 0 Å². The van der Waals surface area contributed by atoms with Gasteiger partial charge in [-0.3, -0.25) is 14.1 Å². The zero-order valence-electron chi connectivity index (χ0n) is 17.2. The summed E-state index contributed by atoms with van der Waals surface area (Å²) in [4.78, 5) is 22.2. The van der Waals surface area contributed by atoms with Gasteiger partial charge in [-0.05, 0) is 6.42 Å². The normalized spacial score (nSPS) is 11.8. The topological polar surface area (TPSA) is 118 Å². The summed E-state index contributed by atoms with van der Waals surface area (Å²) in [5.74, 6) is -2.70. The summed E-state index contributed by atoms with van der Waals surface area (Å²) in [6, 6.07) is 0. The van der Waals surface area contributed by atoms with Crippen molar-refractivity contribution in [3.63, 3.8) is 0 Å². The maximum absolute atomic E-state index is 11.5. The van der Waals surface area contributed by atoms with Crippen LogP contribution in [-0.2, 0) is 24.4 Å². The first-order valence-corrected chi connectivity index (χ1v) is 12.1. The summed E-state index contributed by atoms with van der Waals surface area (Å²) in [6.45, 7) is 2.37. The second kappa shape index (κ2) is 23.0. The molecule has 0 aliphatic rings. The second-order valence-electron chi connectivity index (χ2n) is 7.36. The molecule has 0 rings (SSSR count). The SMILES string of the molecule is CCCCCCCCCCCCCCCCOC(=O)CC(C(=O)O)S(=O)(=O)O.[NaH].[NaH]. The number of hydrogen-bond acceptors (Lipinski definition) is 5. The Morgan fingerprint density at radius 1 is 0.767 bits per heavy atom. The molecule has 0 aromatic heterocycles. The van der Waals surface area contributed by atoms with Crippen molar-refractivity contribution >= 4 is 81.2 Å². The quantitative estimate of drug-likeness (QED) is 0.128. The summed E-state index contributed by atoms with van der Waals surface area (Å²) in [5, 5.41) is 6.54. The van der Waals surface area contributed by atoms with Crippen molar-refractivity contribution < 1.29 is 32.4 Å². The minimum absolute atomic E-state index is 0. The first-order valence-electron chi connectivity index (χ1n) is 10.6. The van der Waals surface area contributed by atoms with E-state index in [0.29, 0.717) is 6.42 Å². The molecule has 0 fully saturated rings. The molecule has 10 heteroatoms. The molecule has 2 N–H and O–H groups in total. The van der Waals surface area contributed by atoms with E-state index in [1.165, 1.54) is 64.2 Å². The van der Waals surface area contributed by atoms with Crippen LogP contribution in [0, 0.1) is 0 Å². The first-order chi connectivity index (χ1) is 13.3. The van der Waals surface area contributed by atoms with Crippen LogP contribution in [-0.4, -0.2) is 101 Å². The van der Waals surface area contributed by atoms with Crippen LogP contribution in [0.3, 0.4) is 0 Å². The molecule has 30 heavy (non-hydrogen) atoms. The molecule has 1 atom stereocenters. The Balaban J connectivity index is -0.00000364. The maximum atomic E-state index is 11.5. The Morgan fingerprint density at radius 3 is 1.47 bits per heavy atom. The number of unbranched alkanes of at least 4 members (excludes halogenated alkanes) is 13. The van der Waals surface area contributed by atoms with Crippen molar-refractivity contribution in [2.75, 3.05) is 6.61 Å². The molecule has 0 radical (unpaired) electrons. The summed E-state index contributed by atoms with van der Waals surface area (Å²) in [7, 11) is -4.82. The molecule has 170 valence electrons. The fourth-order valence-electron chi connectivity index (χ4n) is 3.01. The third-order valence-corrected chi connectivity index (χ3v) is 5.84. The third kappa shape index (κ3) is 22.1. The van der Waals surface area contributed by atoms with Gasteiger partial charge in [0.25, 0.3) is 10.1 Å². The minimum atomic E-state index is -4.82. The number of esters is 1. The van der Waals surface area contributed by atoms with Crippen LogP contribution in [0.1, 0.15) is 103 Å². The molecule has 0 saturated carbocycles. The van der Waals surface area contributed by atoms with Crippen molar-refractivity contribution in [1.82, 2.24) is 0 Å². The van der Waals surface area contributed by atoms with Gasteiger partial charge >= 0.3 is 71.1 Å². The third-order valence-electron chi connectivity index (χ3n) is 4.75. The first kappa shape index (κ1) is 35.4. The molecular formula is C20H40Na2O7S. The molecular weight excluding hydrogens is 430 g/mol. The van der Waals surface area contributed by atoms with E-state index in [1.54, 1.807) is 0 Å². The number of carbonyl (C=O) groups is 2. The van der Waals surface area contributed by atoms with Crippen molar-refractivity contribution in [3.05, 3.63) is 0 Å². The van der Waals surface area contributed by atoms with E-state index in [4.69, 9.17) is 14.4 Å². The summed E-state index contributed by atoms with van der Waals surface area (Å²) in [6.07, 6.45) is 16.1. The van der Waals surface area contributed by atoms with Crippen LogP contribution in [0.2, 0.25) is 0 Å². The predicted octanol–water partition coefficient (Wildman–Crippen LogP) is 3.45.